The molecule has 0 aliphatic rings. The second-order valence-electron chi connectivity index (χ2n) is 2.83. The highest BCUT2D eigenvalue weighted by Gasteiger charge is 2.04. The average molecular weight is 232 g/mol. The van der Waals surface area contributed by atoms with E-state index in [-0.39, 0.29) is 18.7 Å². The fraction of sp³-hybridized carbons (Fsp3) is 0.333. The predicted octanol–water partition coefficient (Wildman–Crippen LogP) is 1.57. The van der Waals surface area contributed by atoms with E-state index in [1.165, 1.54) is 12.1 Å². The maximum Gasteiger partial charge on any atom is 0.387 e. The number of nitrogens with zero attached hydrogens (tertiary/aromatic N) is 1. The molecule has 5 nitrogen and oxygen atoms in total. The zero-order chi connectivity index (χ0) is 12.0. The summed E-state index contributed by atoms with van der Waals surface area (Å²) in [4.78, 5) is 14.0. The Morgan fingerprint density at radius 2 is 2.31 bits per heavy atom. The topological polar surface area (TPSA) is 71.5 Å². The monoisotopic (exact) mass is 232 g/mol. The number of halogens is 2. The Morgan fingerprint density at radius 3 is 2.81 bits per heavy atom. The highest BCUT2D eigenvalue weighted by molar-refractivity contribution is 5.67. The lowest BCUT2D eigenvalue weighted by Crippen LogP contribution is -2.08. The standard InChI is InChI=1S/C9H10F2N2O3/c10-9(11)16-6-1-2-7(13-5-6)12-4-3-8(14)15/h1-2,5,9H,3-4H2,(H,12,13)(H,14,15). The zero-order valence-corrected chi connectivity index (χ0v) is 8.19. The van der Waals surface area contributed by atoms with Gasteiger partial charge in [0.2, 0.25) is 0 Å². The van der Waals surface area contributed by atoms with Crippen LogP contribution in [-0.4, -0.2) is 29.2 Å². The van der Waals surface area contributed by atoms with Crippen LogP contribution in [0.1, 0.15) is 6.42 Å². The van der Waals surface area contributed by atoms with Gasteiger partial charge in [-0.2, -0.15) is 8.78 Å². The van der Waals surface area contributed by atoms with Gasteiger partial charge in [0.1, 0.15) is 11.6 Å². The van der Waals surface area contributed by atoms with E-state index in [4.69, 9.17) is 5.11 Å². The van der Waals surface area contributed by atoms with E-state index < -0.39 is 12.6 Å². The SMILES string of the molecule is O=C(O)CCNc1ccc(OC(F)F)cn1. The van der Waals surface area contributed by atoms with Crippen LogP contribution in [0.4, 0.5) is 14.6 Å². The Kier molecular flexibility index (Phi) is 4.43. The molecule has 2 N–H and O–H groups in total. The molecule has 0 saturated carbocycles. The molecule has 0 radical (unpaired) electrons. The number of aliphatic carboxylic acids is 1. The molecule has 0 bridgehead atoms. The summed E-state index contributed by atoms with van der Waals surface area (Å²) in [6.45, 7) is -2.66. The van der Waals surface area contributed by atoms with Crippen molar-refractivity contribution in [2.24, 2.45) is 0 Å². The maximum atomic E-state index is 11.8. The van der Waals surface area contributed by atoms with E-state index in [1.807, 2.05) is 0 Å². The molecule has 0 unspecified atom stereocenters. The van der Waals surface area contributed by atoms with Gasteiger partial charge in [-0.25, -0.2) is 4.98 Å². The summed E-state index contributed by atoms with van der Waals surface area (Å²) in [5.41, 5.74) is 0. The number of rotatable bonds is 6. The first-order valence-electron chi connectivity index (χ1n) is 4.44. The Bertz CT molecular complexity index is 343. The van der Waals surface area contributed by atoms with Crippen molar-refractivity contribution in [3.8, 4) is 5.75 Å². The van der Waals surface area contributed by atoms with Crippen LogP contribution in [0.15, 0.2) is 18.3 Å². The zero-order valence-electron chi connectivity index (χ0n) is 8.19. The summed E-state index contributed by atoms with van der Waals surface area (Å²) in [5, 5.41) is 11.1. The second kappa shape index (κ2) is 5.84. The molecule has 0 aliphatic carbocycles. The molecule has 0 fully saturated rings. The van der Waals surface area contributed by atoms with Crippen molar-refractivity contribution < 1.29 is 23.4 Å². The van der Waals surface area contributed by atoms with Gasteiger partial charge in [0.05, 0.1) is 12.6 Å². The van der Waals surface area contributed by atoms with Gasteiger partial charge in [-0.3, -0.25) is 4.79 Å². The van der Waals surface area contributed by atoms with E-state index in [0.717, 1.165) is 6.20 Å². The van der Waals surface area contributed by atoms with Crippen molar-refractivity contribution in [3.05, 3.63) is 18.3 Å². The summed E-state index contributed by atoms with van der Waals surface area (Å²) < 4.78 is 27.7. The smallest absolute Gasteiger partial charge is 0.387 e. The van der Waals surface area contributed by atoms with Crippen molar-refractivity contribution >= 4 is 11.8 Å². The first kappa shape index (κ1) is 12.2. The molecule has 0 saturated heterocycles. The first-order chi connectivity index (χ1) is 7.58. The van der Waals surface area contributed by atoms with Gasteiger partial charge in [0, 0.05) is 6.54 Å². The summed E-state index contributed by atoms with van der Waals surface area (Å²) >= 11 is 0. The number of alkyl halides is 2. The Morgan fingerprint density at radius 1 is 1.56 bits per heavy atom. The number of aromatic nitrogens is 1. The van der Waals surface area contributed by atoms with E-state index >= 15 is 0 Å². The fourth-order valence-electron chi connectivity index (χ4n) is 0.955. The lowest BCUT2D eigenvalue weighted by atomic mass is 10.4. The van der Waals surface area contributed by atoms with Crippen molar-refractivity contribution in [2.75, 3.05) is 11.9 Å². The lowest BCUT2D eigenvalue weighted by Gasteiger charge is -2.06. The number of carboxylic acids is 1. The van der Waals surface area contributed by atoms with Crippen molar-refractivity contribution in [2.45, 2.75) is 13.0 Å². The number of anilines is 1. The Labute approximate surface area is 90.1 Å². The largest absolute Gasteiger partial charge is 0.481 e. The minimum atomic E-state index is -2.88. The molecule has 0 aliphatic heterocycles. The third-order valence-electron chi connectivity index (χ3n) is 1.61. The number of nitrogens with one attached hydrogen (secondary N) is 1. The highest BCUT2D eigenvalue weighted by atomic mass is 19.3. The summed E-state index contributed by atoms with van der Waals surface area (Å²) in [5.74, 6) is -0.563. The fourth-order valence-corrected chi connectivity index (χ4v) is 0.955. The van der Waals surface area contributed by atoms with Crippen LogP contribution in [0, 0.1) is 0 Å². The molecule has 1 heterocycles. The van der Waals surface area contributed by atoms with Gasteiger partial charge in [0.25, 0.3) is 0 Å². The summed E-state index contributed by atoms with van der Waals surface area (Å²) in [6, 6.07) is 2.75. The summed E-state index contributed by atoms with van der Waals surface area (Å²) in [7, 11) is 0. The Hall–Kier alpha value is -1.92. The van der Waals surface area contributed by atoms with E-state index in [1.54, 1.807) is 0 Å². The van der Waals surface area contributed by atoms with Crippen LogP contribution >= 0.6 is 0 Å². The number of ether oxygens (including phenoxy) is 1. The van der Waals surface area contributed by atoms with Gasteiger partial charge in [-0.05, 0) is 12.1 Å². The molecule has 88 valence electrons. The molecule has 1 rings (SSSR count). The molecule has 0 spiro atoms. The van der Waals surface area contributed by atoms with E-state index in [9.17, 15) is 13.6 Å². The Balaban J connectivity index is 2.42. The molecular formula is C9H10F2N2O3. The van der Waals surface area contributed by atoms with Crippen molar-refractivity contribution in [1.82, 2.24) is 4.98 Å². The molecule has 7 heteroatoms. The number of pyridine rings is 1. The van der Waals surface area contributed by atoms with E-state index in [0.29, 0.717) is 5.82 Å². The molecule has 16 heavy (non-hydrogen) atoms. The van der Waals surface area contributed by atoms with Crippen LogP contribution in [-0.2, 0) is 4.79 Å². The third-order valence-corrected chi connectivity index (χ3v) is 1.61. The minimum absolute atomic E-state index is 0.0428. The van der Waals surface area contributed by atoms with Crippen molar-refractivity contribution in [1.29, 1.82) is 0 Å². The van der Waals surface area contributed by atoms with Gasteiger partial charge in [-0.1, -0.05) is 0 Å². The molecule has 0 atom stereocenters. The third kappa shape index (κ3) is 4.54. The second-order valence-corrected chi connectivity index (χ2v) is 2.83. The number of carboxylic acid groups (broad SMARTS) is 1. The van der Waals surface area contributed by atoms with E-state index in [2.05, 4.69) is 15.0 Å². The minimum Gasteiger partial charge on any atom is -0.481 e. The number of carbonyl (C=O) groups is 1. The van der Waals surface area contributed by atoms with Crippen LogP contribution in [0.3, 0.4) is 0 Å². The van der Waals surface area contributed by atoms with Gasteiger partial charge in [-0.15, -0.1) is 0 Å². The maximum absolute atomic E-state index is 11.8. The molecular weight excluding hydrogens is 222 g/mol. The molecule has 0 amide bonds. The summed E-state index contributed by atoms with van der Waals surface area (Å²) in [6.07, 6.45) is 1.09. The molecule has 0 aromatic carbocycles. The van der Waals surface area contributed by atoms with Gasteiger partial charge >= 0.3 is 12.6 Å². The molecule has 1 aromatic rings. The number of hydrogen-bond acceptors (Lipinski definition) is 4. The van der Waals surface area contributed by atoms with Crippen LogP contribution in [0.5, 0.6) is 5.75 Å². The lowest BCUT2D eigenvalue weighted by molar-refractivity contribution is -0.136. The number of hydrogen-bond donors (Lipinski definition) is 2. The van der Waals surface area contributed by atoms with Crippen LogP contribution in [0.2, 0.25) is 0 Å². The average Bonchev–Trinajstić information content (AvgIpc) is 2.19. The quantitative estimate of drug-likeness (QED) is 0.778. The van der Waals surface area contributed by atoms with Crippen molar-refractivity contribution in [3.63, 3.8) is 0 Å². The normalized spacial score (nSPS) is 10.2. The first-order valence-corrected chi connectivity index (χ1v) is 4.44. The predicted molar refractivity (Wildman–Crippen MR) is 51.6 cm³/mol. The van der Waals surface area contributed by atoms with Gasteiger partial charge < -0.3 is 15.2 Å². The highest BCUT2D eigenvalue weighted by Crippen LogP contribution is 2.14. The van der Waals surface area contributed by atoms with Crippen LogP contribution < -0.4 is 10.1 Å². The van der Waals surface area contributed by atoms with Gasteiger partial charge in [0.15, 0.2) is 0 Å². The van der Waals surface area contributed by atoms with Crippen LogP contribution in [0.25, 0.3) is 0 Å². The molecule has 1 aromatic heterocycles.